The molecule has 0 aliphatic rings. The summed E-state index contributed by atoms with van der Waals surface area (Å²) in [4.78, 5) is 11.9. The molecule has 0 saturated carbocycles. The first-order valence-electron chi connectivity index (χ1n) is 5.17. The van der Waals surface area contributed by atoms with Gasteiger partial charge in [0.15, 0.2) is 0 Å². The van der Waals surface area contributed by atoms with Crippen molar-refractivity contribution in [3.05, 3.63) is 47.8 Å². The molecule has 2 rings (SSSR count). The summed E-state index contributed by atoms with van der Waals surface area (Å²) in [5.41, 5.74) is 2.21. The molecule has 5 nitrogen and oxygen atoms in total. The van der Waals surface area contributed by atoms with Crippen LogP contribution in [0.1, 0.15) is 15.9 Å². The van der Waals surface area contributed by atoms with Crippen molar-refractivity contribution in [3.63, 3.8) is 0 Å². The molecule has 0 saturated heterocycles. The maximum absolute atomic E-state index is 11.9. The summed E-state index contributed by atoms with van der Waals surface area (Å²) in [7, 11) is 1.62. The number of methoxy groups -OCH3 is 1. The predicted octanol–water partition coefficient (Wildman–Crippen LogP) is 1.81. The van der Waals surface area contributed by atoms with E-state index in [1.807, 2.05) is 12.1 Å². The molecular formula is C12H13N3O2. The summed E-state index contributed by atoms with van der Waals surface area (Å²) in [6.07, 6.45) is 3.17. The predicted molar refractivity (Wildman–Crippen MR) is 63.7 cm³/mol. The van der Waals surface area contributed by atoms with Gasteiger partial charge in [-0.3, -0.25) is 9.89 Å². The van der Waals surface area contributed by atoms with Gasteiger partial charge in [0.05, 0.1) is 18.5 Å². The number of aromatic nitrogens is 2. The van der Waals surface area contributed by atoms with Gasteiger partial charge in [0.2, 0.25) is 0 Å². The Morgan fingerprint density at radius 1 is 1.53 bits per heavy atom. The van der Waals surface area contributed by atoms with Crippen molar-refractivity contribution >= 4 is 11.6 Å². The second kappa shape index (κ2) is 5.27. The molecule has 1 heterocycles. The van der Waals surface area contributed by atoms with E-state index >= 15 is 0 Å². The smallest absolute Gasteiger partial charge is 0.255 e. The number of nitrogens with zero attached hydrogens (tertiary/aromatic N) is 1. The fourth-order valence-corrected chi connectivity index (χ4v) is 1.49. The van der Waals surface area contributed by atoms with Gasteiger partial charge in [-0.05, 0) is 17.7 Å². The first-order chi connectivity index (χ1) is 8.29. The summed E-state index contributed by atoms with van der Waals surface area (Å²) >= 11 is 0. The van der Waals surface area contributed by atoms with Crippen molar-refractivity contribution in [2.75, 3.05) is 12.4 Å². The summed E-state index contributed by atoms with van der Waals surface area (Å²) in [6, 6.07) is 7.31. The first-order valence-corrected chi connectivity index (χ1v) is 5.17. The van der Waals surface area contributed by atoms with E-state index in [4.69, 9.17) is 4.74 Å². The summed E-state index contributed by atoms with van der Waals surface area (Å²) in [5.74, 6) is -0.163. The van der Waals surface area contributed by atoms with Crippen molar-refractivity contribution in [2.45, 2.75) is 6.61 Å². The van der Waals surface area contributed by atoms with E-state index in [9.17, 15) is 4.79 Å². The zero-order valence-electron chi connectivity index (χ0n) is 9.43. The zero-order valence-corrected chi connectivity index (χ0v) is 9.43. The van der Waals surface area contributed by atoms with Crippen LogP contribution < -0.4 is 5.32 Å². The third-order valence-electron chi connectivity index (χ3n) is 2.26. The lowest BCUT2D eigenvalue weighted by atomic mass is 10.1. The SMILES string of the molecule is COCc1cccc(C(=O)Nc2cn[nH]c2)c1. The van der Waals surface area contributed by atoms with Gasteiger partial charge in [-0.25, -0.2) is 0 Å². The largest absolute Gasteiger partial charge is 0.380 e. The monoisotopic (exact) mass is 231 g/mol. The number of hydrogen-bond acceptors (Lipinski definition) is 3. The van der Waals surface area contributed by atoms with Crippen LogP contribution in [0.3, 0.4) is 0 Å². The van der Waals surface area contributed by atoms with Crippen molar-refractivity contribution in [1.82, 2.24) is 10.2 Å². The average Bonchev–Trinajstić information content (AvgIpc) is 2.83. The highest BCUT2D eigenvalue weighted by atomic mass is 16.5. The lowest BCUT2D eigenvalue weighted by Gasteiger charge is -2.04. The molecule has 0 radical (unpaired) electrons. The molecule has 1 amide bonds. The van der Waals surface area contributed by atoms with Crippen LogP contribution >= 0.6 is 0 Å². The molecule has 0 unspecified atom stereocenters. The minimum Gasteiger partial charge on any atom is -0.380 e. The number of aromatic amines is 1. The van der Waals surface area contributed by atoms with Crippen molar-refractivity contribution in [2.24, 2.45) is 0 Å². The third-order valence-corrected chi connectivity index (χ3v) is 2.26. The van der Waals surface area contributed by atoms with Crippen LogP contribution in [-0.4, -0.2) is 23.2 Å². The lowest BCUT2D eigenvalue weighted by Crippen LogP contribution is -2.11. The minimum absolute atomic E-state index is 0.163. The highest BCUT2D eigenvalue weighted by Gasteiger charge is 2.07. The van der Waals surface area contributed by atoms with Crippen LogP contribution in [0, 0.1) is 0 Å². The van der Waals surface area contributed by atoms with E-state index in [0.29, 0.717) is 17.9 Å². The van der Waals surface area contributed by atoms with Crippen molar-refractivity contribution in [1.29, 1.82) is 0 Å². The van der Waals surface area contributed by atoms with Crippen molar-refractivity contribution < 1.29 is 9.53 Å². The highest BCUT2D eigenvalue weighted by Crippen LogP contribution is 2.09. The number of ether oxygens (including phenoxy) is 1. The molecule has 0 spiro atoms. The fourth-order valence-electron chi connectivity index (χ4n) is 1.49. The topological polar surface area (TPSA) is 67.0 Å². The molecule has 0 aliphatic heterocycles. The number of H-pyrrole nitrogens is 1. The van der Waals surface area contributed by atoms with E-state index in [-0.39, 0.29) is 5.91 Å². The molecule has 0 aliphatic carbocycles. The molecule has 88 valence electrons. The molecular weight excluding hydrogens is 218 g/mol. The third kappa shape index (κ3) is 2.92. The number of hydrogen-bond donors (Lipinski definition) is 2. The number of amides is 1. The Kier molecular flexibility index (Phi) is 3.52. The van der Waals surface area contributed by atoms with Crippen molar-refractivity contribution in [3.8, 4) is 0 Å². The zero-order chi connectivity index (χ0) is 12.1. The van der Waals surface area contributed by atoms with E-state index in [1.165, 1.54) is 0 Å². The Labute approximate surface area is 98.8 Å². The Hall–Kier alpha value is -2.14. The molecule has 1 aromatic heterocycles. The van der Waals surface area contributed by atoms with Crippen LogP contribution in [0.2, 0.25) is 0 Å². The second-order valence-electron chi connectivity index (χ2n) is 3.57. The Morgan fingerprint density at radius 2 is 2.41 bits per heavy atom. The van der Waals surface area contributed by atoms with Crippen LogP contribution in [0.4, 0.5) is 5.69 Å². The van der Waals surface area contributed by atoms with Crippen LogP contribution in [0.5, 0.6) is 0 Å². The summed E-state index contributed by atoms with van der Waals surface area (Å²) in [5, 5.41) is 9.12. The Morgan fingerprint density at radius 3 is 3.12 bits per heavy atom. The normalized spacial score (nSPS) is 10.2. The van der Waals surface area contributed by atoms with Gasteiger partial charge in [-0.15, -0.1) is 0 Å². The Balaban J connectivity index is 2.11. The molecule has 0 atom stereocenters. The van der Waals surface area contributed by atoms with E-state index in [1.54, 1.807) is 31.6 Å². The van der Waals surface area contributed by atoms with Gasteiger partial charge in [0, 0.05) is 18.9 Å². The number of rotatable bonds is 4. The van der Waals surface area contributed by atoms with Crippen LogP contribution in [0.15, 0.2) is 36.7 Å². The van der Waals surface area contributed by atoms with Crippen LogP contribution in [0.25, 0.3) is 0 Å². The molecule has 0 fully saturated rings. The van der Waals surface area contributed by atoms with E-state index in [0.717, 1.165) is 5.56 Å². The molecule has 5 heteroatoms. The maximum Gasteiger partial charge on any atom is 0.255 e. The van der Waals surface area contributed by atoms with E-state index < -0.39 is 0 Å². The number of carbonyl (C=O) groups is 1. The lowest BCUT2D eigenvalue weighted by molar-refractivity contribution is 0.102. The summed E-state index contributed by atoms with van der Waals surface area (Å²) < 4.78 is 5.02. The number of anilines is 1. The second-order valence-corrected chi connectivity index (χ2v) is 3.57. The highest BCUT2D eigenvalue weighted by molar-refractivity contribution is 6.04. The van der Waals surface area contributed by atoms with E-state index in [2.05, 4.69) is 15.5 Å². The summed E-state index contributed by atoms with van der Waals surface area (Å²) in [6.45, 7) is 0.493. The molecule has 2 N–H and O–H groups in total. The quantitative estimate of drug-likeness (QED) is 0.843. The van der Waals surface area contributed by atoms with Gasteiger partial charge in [-0.1, -0.05) is 12.1 Å². The molecule has 2 aromatic rings. The van der Waals surface area contributed by atoms with Gasteiger partial charge in [0.1, 0.15) is 0 Å². The van der Waals surface area contributed by atoms with Gasteiger partial charge in [-0.2, -0.15) is 5.10 Å². The van der Waals surface area contributed by atoms with Gasteiger partial charge in [0.25, 0.3) is 5.91 Å². The standard InChI is InChI=1S/C12H13N3O2/c1-17-8-9-3-2-4-10(5-9)12(16)15-11-6-13-14-7-11/h2-7H,8H2,1H3,(H,13,14)(H,15,16). The minimum atomic E-state index is -0.163. The van der Waals surface area contributed by atoms with Gasteiger partial charge >= 0.3 is 0 Å². The molecule has 17 heavy (non-hydrogen) atoms. The van der Waals surface area contributed by atoms with Crippen LogP contribution in [-0.2, 0) is 11.3 Å². The number of nitrogens with one attached hydrogen (secondary N) is 2. The molecule has 0 bridgehead atoms. The molecule has 1 aromatic carbocycles. The Bertz CT molecular complexity index is 494. The number of benzene rings is 1. The first kappa shape index (κ1) is 11.3. The average molecular weight is 231 g/mol. The number of carbonyl (C=O) groups excluding carboxylic acids is 1. The maximum atomic E-state index is 11.9. The fraction of sp³-hybridized carbons (Fsp3) is 0.167. The van der Waals surface area contributed by atoms with Gasteiger partial charge < -0.3 is 10.1 Å².